The van der Waals surface area contributed by atoms with Crippen molar-refractivity contribution in [2.24, 2.45) is 0 Å². The molecule has 0 saturated heterocycles. The number of halogens is 1. The summed E-state index contributed by atoms with van der Waals surface area (Å²) >= 11 is 12.2. The number of nitrogens with zero attached hydrogens (tertiary/aromatic N) is 1. The molecule has 3 aromatic rings. The Bertz CT molecular complexity index is 943. The van der Waals surface area contributed by atoms with Gasteiger partial charge in [-0.2, -0.15) is 0 Å². The van der Waals surface area contributed by atoms with Crippen LogP contribution >= 0.6 is 23.8 Å². The zero-order valence-corrected chi connectivity index (χ0v) is 16.2. The number of benzene rings is 2. The highest BCUT2D eigenvalue weighted by Gasteiger charge is 2.12. The van der Waals surface area contributed by atoms with E-state index in [0.29, 0.717) is 17.5 Å². The molecule has 0 saturated carbocycles. The standard InChI is InChI=1S/C21H19ClN2OS/c1-3-25-21-19(9-6-12-23-21)24-15-10-11-17(18(22)13-15)20(26)16-8-5-4-7-14(16)2/h4-13,24H,3H2,1-2H3. The SMILES string of the molecule is CCOc1ncccc1Nc1ccc(C(=S)c2ccccc2C)c(Cl)c1. The first kappa shape index (κ1) is 18.4. The highest BCUT2D eigenvalue weighted by atomic mass is 35.5. The molecule has 2 aromatic carbocycles. The maximum absolute atomic E-state index is 6.52. The molecule has 5 heteroatoms. The summed E-state index contributed by atoms with van der Waals surface area (Å²) in [6, 6.07) is 17.6. The second-order valence-corrected chi connectivity index (χ2v) is 6.57. The topological polar surface area (TPSA) is 34.1 Å². The van der Waals surface area contributed by atoms with Crippen molar-refractivity contribution < 1.29 is 4.74 Å². The molecule has 1 heterocycles. The van der Waals surface area contributed by atoms with Gasteiger partial charge in [0.1, 0.15) is 5.69 Å². The fraction of sp³-hybridized carbons (Fsp3) is 0.143. The number of thiocarbonyl (C=S) groups is 1. The predicted octanol–water partition coefficient (Wildman–Crippen LogP) is 5.95. The largest absolute Gasteiger partial charge is 0.476 e. The molecule has 0 radical (unpaired) electrons. The average molecular weight is 383 g/mol. The van der Waals surface area contributed by atoms with Crippen molar-refractivity contribution in [3.05, 3.63) is 82.5 Å². The average Bonchev–Trinajstić information content (AvgIpc) is 2.64. The molecule has 26 heavy (non-hydrogen) atoms. The van der Waals surface area contributed by atoms with Crippen molar-refractivity contribution in [2.75, 3.05) is 11.9 Å². The van der Waals surface area contributed by atoms with Crippen LogP contribution in [0.1, 0.15) is 23.6 Å². The molecule has 0 aliphatic heterocycles. The minimum atomic E-state index is 0.552. The molecule has 0 unspecified atom stereocenters. The third kappa shape index (κ3) is 4.03. The first-order valence-corrected chi connectivity index (χ1v) is 9.13. The van der Waals surface area contributed by atoms with E-state index in [4.69, 9.17) is 28.6 Å². The lowest BCUT2D eigenvalue weighted by atomic mass is 10.00. The minimum Gasteiger partial charge on any atom is -0.476 e. The van der Waals surface area contributed by atoms with Gasteiger partial charge in [-0.25, -0.2) is 4.98 Å². The Hall–Kier alpha value is -2.43. The lowest BCUT2D eigenvalue weighted by Crippen LogP contribution is -2.04. The van der Waals surface area contributed by atoms with E-state index in [1.807, 2.05) is 68.4 Å². The quantitative estimate of drug-likeness (QED) is 0.421. The second kappa shape index (κ2) is 8.30. The Kier molecular flexibility index (Phi) is 5.86. The fourth-order valence-electron chi connectivity index (χ4n) is 2.64. The number of rotatable bonds is 6. The minimum absolute atomic E-state index is 0.552. The summed E-state index contributed by atoms with van der Waals surface area (Å²) in [6.45, 7) is 4.52. The number of hydrogen-bond donors (Lipinski definition) is 1. The van der Waals surface area contributed by atoms with E-state index < -0.39 is 0 Å². The number of hydrogen-bond acceptors (Lipinski definition) is 4. The van der Waals surface area contributed by atoms with Gasteiger partial charge < -0.3 is 10.1 Å². The first-order valence-electron chi connectivity index (χ1n) is 8.35. The van der Waals surface area contributed by atoms with Crippen molar-refractivity contribution in [1.82, 2.24) is 4.98 Å². The van der Waals surface area contributed by atoms with Gasteiger partial charge in [-0.3, -0.25) is 0 Å². The number of pyridine rings is 1. The molecule has 0 bridgehead atoms. The van der Waals surface area contributed by atoms with Crippen LogP contribution in [-0.4, -0.2) is 16.5 Å². The van der Waals surface area contributed by atoms with Gasteiger partial charge in [0, 0.05) is 17.4 Å². The van der Waals surface area contributed by atoms with Crippen LogP contribution in [0.2, 0.25) is 5.02 Å². The van der Waals surface area contributed by atoms with E-state index in [-0.39, 0.29) is 0 Å². The summed E-state index contributed by atoms with van der Waals surface area (Å²) in [6.07, 6.45) is 1.70. The van der Waals surface area contributed by atoms with Crippen LogP contribution in [0.15, 0.2) is 60.8 Å². The number of aromatic nitrogens is 1. The molecule has 0 fully saturated rings. The Morgan fingerprint density at radius 1 is 1.12 bits per heavy atom. The Labute approximate surface area is 164 Å². The van der Waals surface area contributed by atoms with Crippen molar-refractivity contribution in [1.29, 1.82) is 0 Å². The molecule has 0 amide bonds. The summed E-state index contributed by atoms with van der Waals surface area (Å²) in [5.41, 5.74) is 4.64. The molecule has 0 aliphatic carbocycles. The van der Waals surface area contributed by atoms with Crippen LogP contribution in [0.5, 0.6) is 5.88 Å². The number of anilines is 2. The summed E-state index contributed by atoms with van der Waals surface area (Å²) < 4.78 is 5.55. The zero-order valence-electron chi connectivity index (χ0n) is 14.6. The molecule has 0 atom stereocenters. The zero-order chi connectivity index (χ0) is 18.5. The third-order valence-corrected chi connectivity index (χ3v) is 4.69. The number of ether oxygens (including phenoxy) is 1. The molecule has 132 valence electrons. The monoisotopic (exact) mass is 382 g/mol. The number of nitrogens with one attached hydrogen (secondary N) is 1. The molecular formula is C21H19ClN2OS. The maximum Gasteiger partial charge on any atom is 0.237 e. The van der Waals surface area contributed by atoms with Gasteiger partial charge in [0.05, 0.1) is 16.5 Å². The van der Waals surface area contributed by atoms with Gasteiger partial charge in [0.15, 0.2) is 0 Å². The van der Waals surface area contributed by atoms with Crippen molar-refractivity contribution >= 4 is 40.1 Å². The Morgan fingerprint density at radius 2 is 1.92 bits per heavy atom. The fourth-order valence-corrected chi connectivity index (χ4v) is 3.38. The normalized spacial score (nSPS) is 10.4. The van der Waals surface area contributed by atoms with E-state index in [9.17, 15) is 0 Å². The summed E-state index contributed by atoms with van der Waals surface area (Å²) in [5.74, 6) is 0.561. The van der Waals surface area contributed by atoms with Crippen LogP contribution in [0, 0.1) is 6.92 Å². The summed E-state index contributed by atoms with van der Waals surface area (Å²) in [5, 5.41) is 3.90. The highest BCUT2D eigenvalue weighted by molar-refractivity contribution is 7.81. The predicted molar refractivity (Wildman–Crippen MR) is 112 cm³/mol. The van der Waals surface area contributed by atoms with E-state index in [0.717, 1.165) is 32.9 Å². The Balaban J connectivity index is 1.87. The molecule has 3 nitrogen and oxygen atoms in total. The van der Waals surface area contributed by atoms with Crippen LogP contribution < -0.4 is 10.1 Å². The van der Waals surface area contributed by atoms with Crippen molar-refractivity contribution in [3.63, 3.8) is 0 Å². The third-order valence-electron chi connectivity index (χ3n) is 3.93. The van der Waals surface area contributed by atoms with Crippen LogP contribution in [-0.2, 0) is 0 Å². The molecule has 0 spiro atoms. The molecular weight excluding hydrogens is 364 g/mol. The summed E-state index contributed by atoms with van der Waals surface area (Å²) in [4.78, 5) is 4.99. The van der Waals surface area contributed by atoms with Crippen LogP contribution in [0.4, 0.5) is 11.4 Å². The summed E-state index contributed by atoms with van der Waals surface area (Å²) in [7, 11) is 0. The van der Waals surface area contributed by atoms with E-state index in [1.165, 1.54) is 0 Å². The molecule has 0 aliphatic rings. The molecule has 1 N–H and O–H groups in total. The van der Waals surface area contributed by atoms with Gasteiger partial charge in [-0.1, -0.05) is 48.1 Å². The van der Waals surface area contributed by atoms with Crippen LogP contribution in [0.25, 0.3) is 0 Å². The van der Waals surface area contributed by atoms with Crippen molar-refractivity contribution in [2.45, 2.75) is 13.8 Å². The van der Waals surface area contributed by atoms with E-state index >= 15 is 0 Å². The van der Waals surface area contributed by atoms with E-state index in [1.54, 1.807) is 6.20 Å². The Morgan fingerprint density at radius 3 is 2.65 bits per heavy atom. The lowest BCUT2D eigenvalue weighted by Gasteiger charge is -2.13. The van der Waals surface area contributed by atoms with Crippen molar-refractivity contribution in [3.8, 4) is 5.88 Å². The maximum atomic E-state index is 6.52. The van der Waals surface area contributed by atoms with Gasteiger partial charge in [-0.05, 0) is 55.3 Å². The smallest absolute Gasteiger partial charge is 0.237 e. The lowest BCUT2D eigenvalue weighted by molar-refractivity contribution is 0.329. The van der Waals surface area contributed by atoms with Gasteiger partial charge in [0.2, 0.25) is 5.88 Å². The second-order valence-electron chi connectivity index (χ2n) is 5.75. The van der Waals surface area contributed by atoms with Gasteiger partial charge in [-0.15, -0.1) is 0 Å². The van der Waals surface area contributed by atoms with Gasteiger partial charge >= 0.3 is 0 Å². The van der Waals surface area contributed by atoms with Crippen LogP contribution in [0.3, 0.4) is 0 Å². The number of aryl methyl sites for hydroxylation is 1. The van der Waals surface area contributed by atoms with Gasteiger partial charge in [0.25, 0.3) is 0 Å². The first-order chi connectivity index (χ1) is 12.6. The molecule has 1 aromatic heterocycles. The van der Waals surface area contributed by atoms with E-state index in [2.05, 4.69) is 10.3 Å². The highest BCUT2D eigenvalue weighted by Crippen LogP contribution is 2.29. The molecule has 3 rings (SSSR count).